The molecule has 260 valence electrons. The second-order valence-corrected chi connectivity index (χ2v) is 14.5. The van der Waals surface area contributed by atoms with Crippen molar-refractivity contribution in [1.82, 2.24) is 20.0 Å². The van der Waals surface area contributed by atoms with E-state index >= 15 is 8.78 Å². The Hall–Kier alpha value is -2.38. The Balaban J connectivity index is 1.63. The van der Waals surface area contributed by atoms with Crippen LogP contribution in [0.25, 0.3) is 0 Å². The average molecular weight is 699 g/mol. The first kappa shape index (κ1) is 37.4. The highest BCUT2D eigenvalue weighted by Gasteiger charge is 2.59. The number of amides is 2. The average Bonchev–Trinajstić information content (AvgIpc) is 3.29. The van der Waals surface area contributed by atoms with E-state index in [9.17, 15) is 9.59 Å². The molecular formula is C34H47Cl2F2N5O4. The summed E-state index contributed by atoms with van der Waals surface area (Å²) in [6.07, 6.45) is 0.465. The molecule has 0 unspecified atom stereocenters. The number of nitrogens with zero attached hydrogens (tertiary/aromatic N) is 3. The van der Waals surface area contributed by atoms with E-state index in [1.54, 1.807) is 42.2 Å². The van der Waals surface area contributed by atoms with Crippen LogP contribution in [0.15, 0.2) is 36.4 Å². The van der Waals surface area contributed by atoms with Crippen LogP contribution in [0.2, 0.25) is 10.0 Å². The monoisotopic (exact) mass is 697 g/mol. The molecule has 13 heteroatoms. The second-order valence-electron chi connectivity index (χ2n) is 13.6. The van der Waals surface area contributed by atoms with Crippen molar-refractivity contribution in [2.75, 3.05) is 73.2 Å². The third-order valence-corrected chi connectivity index (χ3v) is 9.66. The molecule has 2 fully saturated rings. The molecule has 2 aliphatic rings. The molecule has 4 rings (SSSR count). The van der Waals surface area contributed by atoms with Crippen molar-refractivity contribution >= 4 is 35.0 Å². The van der Waals surface area contributed by atoms with Gasteiger partial charge in [-0.3, -0.25) is 14.5 Å². The van der Waals surface area contributed by atoms with Gasteiger partial charge in [0.25, 0.3) is 0 Å². The van der Waals surface area contributed by atoms with Gasteiger partial charge in [0.2, 0.25) is 11.8 Å². The first-order chi connectivity index (χ1) is 22.2. The van der Waals surface area contributed by atoms with Crippen molar-refractivity contribution in [1.29, 1.82) is 0 Å². The summed E-state index contributed by atoms with van der Waals surface area (Å²) < 4.78 is 42.0. The van der Waals surface area contributed by atoms with E-state index in [0.29, 0.717) is 58.9 Å². The Bertz CT molecular complexity index is 1400. The largest absolute Gasteiger partial charge is 0.383 e. The predicted molar refractivity (Wildman–Crippen MR) is 180 cm³/mol. The molecule has 0 aliphatic carbocycles. The molecule has 47 heavy (non-hydrogen) atoms. The van der Waals surface area contributed by atoms with Gasteiger partial charge in [-0.2, -0.15) is 0 Å². The summed E-state index contributed by atoms with van der Waals surface area (Å²) in [5.74, 6) is -2.66. The van der Waals surface area contributed by atoms with Crippen molar-refractivity contribution in [2.45, 2.75) is 50.7 Å². The van der Waals surface area contributed by atoms with E-state index < -0.39 is 35.2 Å². The summed E-state index contributed by atoms with van der Waals surface area (Å²) in [6.45, 7) is 9.66. The summed E-state index contributed by atoms with van der Waals surface area (Å²) in [7, 11) is 3.18. The van der Waals surface area contributed by atoms with Crippen LogP contribution in [0.5, 0.6) is 0 Å². The zero-order chi connectivity index (χ0) is 34.5. The lowest BCUT2D eigenvalue weighted by atomic mass is 9.68. The van der Waals surface area contributed by atoms with Crippen LogP contribution in [0, 0.1) is 17.0 Å². The molecule has 0 bridgehead atoms. The number of halogens is 4. The number of carbonyl (C=O) groups excluding carboxylic acids is 2. The van der Waals surface area contributed by atoms with Gasteiger partial charge in [0.15, 0.2) is 0 Å². The molecule has 2 aliphatic heterocycles. The van der Waals surface area contributed by atoms with Gasteiger partial charge in [0.05, 0.1) is 36.4 Å². The van der Waals surface area contributed by atoms with Crippen molar-refractivity contribution in [3.05, 3.63) is 69.2 Å². The Labute approximate surface area is 286 Å². The lowest BCUT2D eigenvalue weighted by Gasteiger charge is -2.40. The molecule has 0 saturated carbocycles. The van der Waals surface area contributed by atoms with Crippen molar-refractivity contribution in [3.8, 4) is 0 Å². The lowest BCUT2D eigenvalue weighted by molar-refractivity contribution is -0.137. The maximum Gasteiger partial charge on any atom is 0.240 e. The lowest BCUT2D eigenvalue weighted by Crippen LogP contribution is -2.56. The number of nitrogens with one attached hydrogen (secondary N) is 1. The number of rotatable bonds is 12. The third-order valence-electron chi connectivity index (χ3n) is 9.13. The van der Waals surface area contributed by atoms with Crippen LogP contribution in [0.3, 0.4) is 0 Å². The maximum absolute atomic E-state index is 15.9. The topological polar surface area (TPSA) is 100 Å². The highest BCUT2D eigenvalue weighted by atomic mass is 35.5. The molecule has 2 saturated heterocycles. The Morgan fingerprint density at radius 2 is 1.68 bits per heavy atom. The van der Waals surface area contributed by atoms with Gasteiger partial charge in [-0.15, -0.1) is 0 Å². The summed E-state index contributed by atoms with van der Waals surface area (Å²) in [5, 5.41) is 3.53. The highest BCUT2D eigenvalue weighted by Crippen LogP contribution is 2.50. The number of hydrogen-bond donors (Lipinski definition) is 2. The van der Waals surface area contributed by atoms with Gasteiger partial charge < -0.3 is 30.3 Å². The molecule has 4 atom stereocenters. The van der Waals surface area contributed by atoms with Crippen LogP contribution in [0.1, 0.15) is 44.2 Å². The normalized spacial score (nSPS) is 23.7. The molecule has 2 heterocycles. The number of carbonyl (C=O) groups is 2. The van der Waals surface area contributed by atoms with Gasteiger partial charge in [0, 0.05) is 76.0 Å². The molecule has 0 spiro atoms. The van der Waals surface area contributed by atoms with E-state index in [2.05, 4.69) is 5.32 Å². The third kappa shape index (κ3) is 8.62. The first-order valence-electron chi connectivity index (χ1n) is 15.9. The van der Waals surface area contributed by atoms with E-state index in [-0.39, 0.29) is 44.9 Å². The molecule has 2 aromatic rings. The summed E-state index contributed by atoms with van der Waals surface area (Å²) in [6, 6.07) is 7.26. The van der Waals surface area contributed by atoms with Gasteiger partial charge in [-0.1, -0.05) is 62.2 Å². The zero-order valence-electron chi connectivity index (χ0n) is 27.8. The highest BCUT2D eigenvalue weighted by molar-refractivity contribution is 6.31. The number of nitrogens with two attached hydrogens (primary N) is 1. The maximum atomic E-state index is 15.9. The Morgan fingerprint density at radius 3 is 2.26 bits per heavy atom. The van der Waals surface area contributed by atoms with Gasteiger partial charge in [-0.05, 0) is 35.6 Å². The van der Waals surface area contributed by atoms with Crippen LogP contribution in [-0.4, -0.2) is 112 Å². The SMILES string of the molecule is COCCN(CCOC)C(=O)CN1CCN(C(=O)[C@@H]2N[C@@H](CC(C)(C)C)[C@](N)(c3ccc(Cl)cc3F)[C@H]2c2cccc(Cl)c2F)CC1. The number of hydrogen-bond acceptors (Lipinski definition) is 7. The number of benzene rings is 2. The number of ether oxygens (including phenoxy) is 2. The molecular weight excluding hydrogens is 651 g/mol. The fraction of sp³-hybridized carbons (Fsp3) is 0.588. The van der Waals surface area contributed by atoms with Crippen LogP contribution >= 0.6 is 23.2 Å². The molecule has 3 N–H and O–H groups in total. The second kappa shape index (κ2) is 15.9. The van der Waals surface area contributed by atoms with E-state index in [4.69, 9.17) is 38.4 Å². The first-order valence-corrected chi connectivity index (χ1v) is 16.7. The molecule has 0 radical (unpaired) electrons. The van der Waals surface area contributed by atoms with Crippen LogP contribution < -0.4 is 11.1 Å². The molecule has 2 amide bonds. The zero-order valence-corrected chi connectivity index (χ0v) is 29.3. The van der Waals surface area contributed by atoms with Gasteiger partial charge in [-0.25, -0.2) is 8.78 Å². The van der Waals surface area contributed by atoms with Crippen LogP contribution in [0.4, 0.5) is 8.78 Å². The minimum atomic E-state index is -1.55. The van der Waals surface area contributed by atoms with E-state index in [1.807, 2.05) is 25.7 Å². The minimum absolute atomic E-state index is 0.0456. The fourth-order valence-electron chi connectivity index (χ4n) is 6.77. The van der Waals surface area contributed by atoms with Gasteiger partial charge in [0.1, 0.15) is 11.6 Å². The van der Waals surface area contributed by atoms with E-state index in [1.165, 1.54) is 18.2 Å². The standard InChI is InChI=1S/C34H47Cl2F2N5O4/c1-33(2,3)20-27-34(39,24-10-9-22(35)19-26(24)37)29(23-7-6-8-25(36)30(23)38)31(40-27)32(45)43-13-11-41(12-14-43)21-28(44)42(15-17-46-4)16-18-47-5/h6-10,19,27,29,31,40H,11-18,20-21,39H2,1-5H3/t27-,29-,31+,34+/m0/s1. The van der Waals surface area contributed by atoms with Crippen molar-refractivity contribution in [2.24, 2.45) is 11.1 Å². The van der Waals surface area contributed by atoms with Crippen LogP contribution in [-0.2, 0) is 24.6 Å². The molecule has 2 aromatic carbocycles. The minimum Gasteiger partial charge on any atom is -0.383 e. The fourth-order valence-corrected chi connectivity index (χ4v) is 7.11. The van der Waals surface area contributed by atoms with Crippen molar-refractivity contribution < 1.29 is 27.8 Å². The Kier molecular flexibility index (Phi) is 12.7. The van der Waals surface area contributed by atoms with E-state index in [0.717, 1.165) is 0 Å². The quantitative estimate of drug-likeness (QED) is 0.342. The predicted octanol–water partition coefficient (Wildman–Crippen LogP) is 4.25. The van der Waals surface area contributed by atoms with Gasteiger partial charge >= 0.3 is 0 Å². The summed E-state index contributed by atoms with van der Waals surface area (Å²) >= 11 is 12.4. The molecule has 0 aromatic heterocycles. The number of piperazine rings is 1. The van der Waals surface area contributed by atoms with Crippen molar-refractivity contribution in [3.63, 3.8) is 0 Å². The number of methoxy groups -OCH3 is 2. The Morgan fingerprint density at radius 1 is 1.04 bits per heavy atom. The molecule has 9 nitrogen and oxygen atoms in total. The summed E-state index contributed by atoms with van der Waals surface area (Å²) in [5.41, 5.74) is 5.76. The smallest absolute Gasteiger partial charge is 0.240 e. The summed E-state index contributed by atoms with van der Waals surface area (Å²) in [4.78, 5) is 33.0.